The Morgan fingerprint density at radius 1 is 1.30 bits per heavy atom. The molecule has 4 heteroatoms. The van der Waals surface area contributed by atoms with Crippen molar-refractivity contribution < 1.29 is 4.74 Å². The van der Waals surface area contributed by atoms with Gasteiger partial charge in [0.15, 0.2) is 0 Å². The number of nitrogens with two attached hydrogens (primary N) is 1. The summed E-state index contributed by atoms with van der Waals surface area (Å²) in [4.78, 5) is 7.21. The number of nitrogens with zero attached hydrogens (tertiary/aromatic N) is 2. The van der Waals surface area contributed by atoms with Gasteiger partial charge in [-0.25, -0.2) is 4.98 Å². The van der Waals surface area contributed by atoms with E-state index in [0.717, 1.165) is 45.0 Å². The molecule has 1 aromatic rings. The summed E-state index contributed by atoms with van der Waals surface area (Å²) in [7, 11) is 0. The number of fused-ring (bicyclic) bond motifs is 1. The predicted octanol–water partition coefficient (Wildman–Crippen LogP) is 2.28. The van der Waals surface area contributed by atoms with Crippen LogP contribution in [0.2, 0.25) is 0 Å². The molecule has 0 aliphatic heterocycles. The van der Waals surface area contributed by atoms with Gasteiger partial charge in [-0.2, -0.15) is 0 Å². The quantitative estimate of drug-likeness (QED) is 0.777. The van der Waals surface area contributed by atoms with Crippen LogP contribution in [0.25, 0.3) is 0 Å². The molecule has 112 valence electrons. The molecule has 0 amide bonds. The Hall–Kier alpha value is -1.13. The molecular formula is C16H27N3O. The fourth-order valence-electron chi connectivity index (χ4n) is 2.83. The number of aromatic nitrogens is 1. The highest BCUT2D eigenvalue weighted by Crippen LogP contribution is 2.26. The highest BCUT2D eigenvalue weighted by molar-refractivity contribution is 5.50. The molecule has 2 N–H and O–H groups in total. The van der Waals surface area contributed by atoms with Gasteiger partial charge in [0.1, 0.15) is 5.82 Å². The molecule has 0 aromatic carbocycles. The molecule has 0 atom stereocenters. The standard InChI is InChI=1S/C16H27N3O/c1-3-19(9-10-20-4-2)16-14(12-17)11-13-7-5-6-8-15(13)18-16/h11H,3-10,12,17H2,1-2H3. The molecule has 0 saturated heterocycles. The first-order valence-electron chi connectivity index (χ1n) is 7.84. The molecule has 0 saturated carbocycles. The van der Waals surface area contributed by atoms with E-state index >= 15 is 0 Å². The van der Waals surface area contributed by atoms with Crippen LogP contribution in [-0.2, 0) is 24.1 Å². The predicted molar refractivity (Wildman–Crippen MR) is 83.2 cm³/mol. The summed E-state index contributed by atoms with van der Waals surface area (Å²) in [5.41, 5.74) is 9.78. The second-order valence-electron chi connectivity index (χ2n) is 5.26. The van der Waals surface area contributed by atoms with Crippen LogP contribution in [0.5, 0.6) is 0 Å². The van der Waals surface area contributed by atoms with Crippen LogP contribution >= 0.6 is 0 Å². The van der Waals surface area contributed by atoms with Crippen molar-refractivity contribution in [2.75, 3.05) is 31.2 Å². The van der Waals surface area contributed by atoms with E-state index in [1.807, 2.05) is 6.92 Å². The zero-order valence-corrected chi connectivity index (χ0v) is 12.8. The van der Waals surface area contributed by atoms with Crippen molar-refractivity contribution in [3.8, 4) is 0 Å². The van der Waals surface area contributed by atoms with Crippen LogP contribution < -0.4 is 10.6 Å². The number of aryl methyl sites for hydroxylation is 2. The zero-order chi connectivity index (χ0) is 14.4. The molecule has 4 nitrogen and oxygen atoms in total. The van der Waals surface area contributed by atoms with Crippen molar-refractivity contribution in [1.29, 1.82) is 0 Å². The summed E-state index contributed by atoms with van der Waals surface area (Å²) < 4.78 is 5.47. The number of anilines is 1. The number of rotatable bonds is 7. The smallest absolute Gasteiger partial charge is 0.133 e. The lowest BCUT2D eigenvalue weighted by Gasteiger charge is -2.27. The van der Waals surface area contributed by atoms with Gasteiger partial charge in [0, 0.05) is 37.5 Å². The summed E-state index contributed by atoms with van der Waals surface area (Å²) in [5, 5.41) is 0. The van der Waals surface area contributed by atoms with Gasteiger partial charge in [-0.1, -0.05) is 0 Å². The third kappa shape index (κ3) is 3.49. The normalized spacial score (nSPS) is 14.2. The number of hydrogen-bond acceptors (Lipinski definition) is 4. The van der Waals surface area contributed by atoms with Crippen LogP contribution in [0.3, 0.4) is 0 Å². The monoisotopic (exact) mass is 277 g/mol. The van der Waals surface area contributed by atoms with Crippen molar-refractivity contribution in [3.63, 3.8) is 0 Å². The summed E-state index contributed by atoms with van der Waals surface area (Å²) in [6, 6.07) is 2.28. The average Bonchev–Trinajstić information content (AvgIpc) is 2.50. The largest absolute Gasteiger partial charge is 0.380 e. The lowest BCUT2D eigenvalue weighted by molar-refractivity contribution is 0.154. The second-order valence-corrected chi connectivity index (χ2v) is 5.26. The maximum absolute atomic E-state index is 5.93. The minimum atomic E-state index is 0.556. The summed E-state index contributed by atoms with van der Waals surface area (Å²) in [6.45, 7) is 8.06. The minimum Gasteiger partial charge on any atom is -0.380 e. The highest BCUT2D eigenvalue weighted by Gasteiger charge is 2.17. The Bertz CT molecular complexity index is 434. The molecule has 0 spiro atoms. The fourth-order valence-corrected chi connectivity index (χ4v) is 2.83. The van der Waals surface area contributed by atoms with Crippen molar-refractivity contribution in [2.24, 2.45) is 5.73 Å². The molecule has 1 aliphatic carbocycles. The second kappa shape index (κ2) is 7.60. The summed E-state index contributed by atoms with van der Waals surface area (Å²) in [6.07, 6.45) is 4.79. The molecule has 0 bridgehead atoms. The zero-order valence-electron chi connectivity index (χ0n) is 12.8. The summed E-state index contributed by atoms with van der Waals surface area (Å²) >= 11 is 0. The van der Waals surface area contributed by atoms with Gasteiger partial charge in [-0.3, -0.25) is 0 Å². The fraction of sp³-hybridized carbons (Fsp3) is 0.688. The Kier molecular flexibility index (Phi) is 5.80. The third-order valence-electron chi connectivity index (χ3n) is 3.97. The van der Waals surface area contributed by atoms with Crippen molar-refractivity contribution in [1.82, 2.24) is 4.98 Å². The molecule has 2 rings (SSSR count). The first kappa shape index (κ1) is 15.3. The van der Waals surface area contributed by atoms with E-state index in [0.29, 0.717) is 6.54 Å². The molecule has 1 aliphatic rings. The van der Waals surface area contributed by atoms with Gasteiger partial charge in [0.25, 0.3) is 0 Å². The van der Waals surface area contributed by atoms with Gasteiger partial charge >= 0.3 is 0 Å². The van der Waals surface area contributed by atoms with E-state index < -0.39 is 0 Å². The Morgan fingerprint density at radius 3 is 2.80 bits per heavy atom. The lowest BCUT2D eigenvalue weighted by Crippen LogP contribution is -2.30. The van der Waals surface area contributed by atoms with Gasteiger partial charge < -0.3 is 15.4 Å². The van der Waals surface area contributed by atoms with Crippen LogP contribution in [0.4, 0.5) is 5.82 Å². The van der Waals surface area contributed by atoms with Crippen LogP contribution in [0.15, 0.2) is 6.07 Å². The number of likely N-dealkylation sites (N-methyl/N-ethyl adjacent to an activating group) is 1. The summed E-state index contributed by atoms with van der Waals surface area (Å²) in [5.74, 6) is 1.07. The SMILES string of the molecule is CCOCCN(CC)c1nc2c(cc1CN)CCCC2. The number of ether oxygens (including phenoxy) is 1. The highest BCUT2D eigenvalue weighted by atomic mass is 16.5. The lowest BCUT2D eigenvalue weighted by atomic mass is 9.94. The third-order valence-corrected chi connectivity index (χ3v) is 3.97. The van der Waals surface area contributed by atoms with E-state index in [4.69, 9.17) is 15.5 Å². The van der Waals surface area contributed by atoms with Crippen LogP contribution in [-0.4, -0.2) is 31.3 Å². The van der Waals surface area contributed by atoms with Gasteiger partial charge in [-0.15, -0.1) is 0 Å². The maximum atomic E-state index is 5.93. The molecule has 0 radical (unpaired) electrons. The average molecular weight is 277 g/mol. The first-order chi connectivity index (χ1) is 9.80. The molecular weight excluding hydrogens is 250 g/mol. The Balaban J connectivity index is 2.23. The van der Waals surface area contributed by atoms with E-state index in [9.17, 15) is 0 Å². The van der Waals surface area contributed by atoms with E-state index in [1.165, 1.54) is 29.7 Å². The number of pyridine rings is 1. The van der Waals surface area contributed by atoms with E-state index in [1.54, 1.807) is 0 Å². The minimum absolute atomic E-state index is 0.556. The van der Waals surface area contributed by atoms with Gasteiger partial charge in [0.2, 0.25) is 0 Å². The molecule has 0 fully saturated rings. The van der Waals surface area contributed by atoms with Crippen molar-refractivity contribution in [3.05, 3.63) is 22.9 Å². The maximum Gasteiger partial charge on any atom is 0.133 e. The van der Waals surface area contributed by atoms with Crippen molar-refractivity contribution >= 4 is 5.82 Å². The van der Waals surface area contributed by atoms with Crippen molar-refractivity contribution in [2.45, 2.75) is 46.1 Å². The topological polar surface area (TPSA) is 51.4 Å². The Labute approximate surface area is 122 Å². The first-order valence-corrected chi connectivity index (χ1v) is 7.84. The Morgan fingerprint density at radius 2 is 2.10 bits per heavy atom. The molecule has 1 heterocycles. The van der Waals surface area contributed by atoms with Crippen LogP contribution in [0.1, 0.15) is 43.5 Å². The van der Waals surface area contributed by atoms with E-state index in [-0.39, 0.29) is 0 Å². The molecule has 20 heavy (non-hydrogen) atoms. The molecule has 0 unspecified atom stereocenters. The van der Waals surface area contributed by atoms with Crippen LogP contribution in [0, 0.1) is 0 Å². The van der Waals surface area contributed by atoms with Gasteiger partial charge in [-0.05, 0) is 51.2 Å². The van der Waals surface area contributed by atoms with Gasteiger partial charge in [0.05, 0.1) is 6.61 Å². The molecule has 1 aromatic heterocycles. The number of hydrogen-bond donors (Lipinski definition) is 1. The van der Waals surface area contributed by atoms with E-state index in [2.05, 4.69) is 17.9 Å².